The predicted molar refractivity (Wildman–Crippen MR) is 73.2 cm³/mol. The molecule has 0 aliphatic carbocycles. The lowest BCUT2D eigenvalue weighted by Gasteiger charge is -2.37. The number of aliphatic hydroxyl groups excluding tert-OH is 1. The molecule has 0 saturated carbocycles. The highest BCUT2D eigenvalue weighted by Gasteiger charge is 2.24. The highest BCUT2D eigenvalue weighted by atomic mass is 16.3. The van der Waals surface area contributed by atoms with Crippen LogP contribution in [-0.4, -0.2) is 48.3 Å². The molecule has 102 valence electrons. The van der Waals surface area contributed by atoms with E-state index in [1.165, 1.54) is 25.9 Å². The molecule has 1 aliphatic heterocycles. The number of aliphatic hydroxyl groups is 1. The van der Waals surface area contributed by atoms with E-state index in [1.54, 1.807) is 0 Å². The lowest BCUT2D eigenvalue weighted by molar-refractivity contribution is 0.112. The Hall–Kier alpha value is -0.120. The van der Waals surface area contributed by atoms with Crippen molar-refractivity contribution in [2.75, 3.05) is 26.7 Å². The minimum atomic E-state index is -0.107. The Labute approximate surface area is 107 Å². The minimum absolute atomic E-state index is 0.107. The highest BCUT2D eigenvalue weighted by molar-refractivity contribution is 4.82. The molecular weight excluding hydrogens is 212 g/mol. The summed E-state index contributed by atoms with van der Waals surface area (Å²) in [6.07, 6.45) is 4.92. The number of hydrogen-bond acceptors (Lipinski definition) is 3. The molecular formula is C14H30N2O. The van der Waals surface area contributed by atoms with E-state index in [2.05, 4.69) is 31.0 Å². The third-order valence-corrected chi connectivity index (χ3v) is 4.37. The van der Waals surface area contributed by atoms with Crippen molar-refractivity contribution in [1.82, 2.24) is 10.2 Å². The molecule has 0 aromatic heterocycles. The Morgan fingerprint density at radius 3 is 2.65 bits per heavy atom. The lowest BCUT2D eigenvalue weighted by Crippen LogP contribution is -2.45. The second-order valence-electron chi connectivity index (χ2n) is 6.10. The summed E-state index contributed by atoms with van der Waals surface area (Å²) in [5.74, 6) is 0.847. The van der Waals surface area contributed by atoms with Crippen molar-refractivity contribution in [2.24, 2.45) is 5.92 Å². The van der Waals surface area contributed by atoms with Crippen LogP contribution in [0.25, 0.3) is 0 Å². The molecule has 0 bridgehead atoms. The molecule has 17 heavy (non-hydrogen) atoms. The van der Waals surface area contributed by atoms with E-state index >= 15 is 0 Å². The minimum Gasteiger partial charge on any atom is -0.394 e. The van der Waals surface area contributed by atoms with Crippen LogP contribution in [0.1, 0.15) is 46.5 Å². The molecule has 3 unspecified atom stereocenters. The van der Waals surface area contributed by atoms with Gasteiger partial charge in [-0.3, -0.25) is 0 Å². The van der Waals surface area contributed by atoms with Gasteiger partial charge < -0.3 is 15.3 Å². The Balaban J connectivity index is 2.30. The number of rotatable bonds is 6. The van der Waals surface area contributed by atoms with Gasteiger partial charge in [0.15, 0.2) is 0 Å². The summed E-state index contributed by atoms with van der Waals surface area (Å²) in [5.41, 5.74) is -0.107. The molecule has 1 rings (SSSR count). The van der Waals surface area contributed by atoms with Crippen LogP contribution < -0.4 is 5.32 Å². The maximum Gasteiger partial charge on any atom is 0.0610 e. The van der Waals surface area contributed by atoms with Gasteiger partial charge in [-0.15, -0.1) is 0 Å². The van der Waals surface area contributed by atoms with Crippen LogP contribution in [-0.2, 0) is 0 Å². The van der Waals surface area contributed by atoms with E-state index in [0.29, 0.717) is 0 Å². The largest absolute Gasteiger partial charge is 0.394 e. The molecule has 1 saturated heterocycles. The zero-order valence-electron chi connectivity index (χ0n) is 12.0. The summed E-state index contributed by atoms with van der Waals surface area (Å²) < 4.78 is 0. The van der Waals surface area contributed by atoms with Crippen LogP contribution in [0.3, 0.4) is 0 Å². The molecule has 0 spiro atoms. The average Bonchev–Trinajstić information content (AvgIpc) is 2.33. The van der Waals surface area contributed by atoms with Gasteiger partial charge in [0.05, 0.1) is 6.61 Å². The lowest BCUT2D eigenvalue weighted by atomic mass is 9.93. The van der Waals surface area contributed by atoms with Gasteiger partial charge in [-0.2, -0.15) is 0 Å². The summed E-state index contributed by atoms with van der Waals surface area (Å²) in [4.78, 5) is 2.61. The Bertz CT molecular complexity index is 216. The summed E-state index contributed by atoms with van der Waals surface area (Å²) in [6.45, 7) is 9.42. The second-order valence-corrected chi connectivity index (χ2v) is 6.10. The molecule has 3 nitrogen and oxygen atoms in total. The van der Waals surface area contributed by atoms with E-state index in [4.69, 9.17) is 0 Å². The Kier molecular flexibility index (Phi) is 5.90. The molecule has 0 amide bonds. The summed E-state index contributed by atoms with van der Waals surface area (Å²) in [5, 5.41) is 12.6. The van der Waals surface area contributed by atoms with Crippen molar-refractivity contribution in [3.8, 4) is 0 Å². The maximum absolute atomic E-state index is 9.34. The molecule has 1 fully saturated rings. The number of piperidine rings is 1. The Morgan fingerprint density at radius 2 is 2.06 bits per heavy atom. The van der Waals surface area contributed by atoms with Crippen LogP contribution >= 0.6 is 0 Å². The number of nitrogens with one attached hydrogen (secondary N) is 1. The number of hydrogen-bond donors (Lipinski definition) is 2. The SMILES string of the molecule is CNC(C)(CO)CCCN1CC(C)CCC1C. The van der Waals surface area contributed by atoms with Gasteiger partial charge in [0, 0.05) is 18.1 Å². The fraction of sp³-hybridized carbons (Fsp3) is 1.00. The second kappa shape index (κ2) is 6.72. The molecule has 3 heteroatoms. The van der Waals surface area contributed by atoms with Crippen LogP contribution in [0.4, 0.5) is 0 Å². The van der Waals surface area contributed by atoms with Crippen LogP contribution in [0, 0.1) is 5.92 Å². The molecule has 0 aromatic carbocycles. The maximum atomic E-state index is 9.34. The summed E-state index contributed by atoms with van der Waals surface area (Å²) in [6, 6.07) is 0.737. The topological polar surface area (TPSA) is 35.5 Å². The molecule has 2 N–H and O–H groups in total. The van der Waals surface area contributed by atoms with E-state index in [1.807, 2.05) is 7.05 Å². The fourth-order valence-corrected chi connectivity index (χ4v) is 2.65. The summed E-state index contributed by atoms with van der Waals surface area (Å²) in [7, 11) is 1.93. The van der Waals surface area contributed by atoms with Crippen LogP contribution in [0.5, 0.6) is 0 Å². The monoisotopic (exact) mass is 242 g/mol. The quantitative estimate of drug-likeness (QED) is 0.746. The summed E-state index contributed by atoms with van der Waals surface area (Å²) >= 11 is 0. The van der Waals surface area contributed by atoms with Crippen molar-refractivity contribution in [2.45, 2.75) is 58.0 Å². The van der Waals surface area contributed by atoms with E-state index < -0.39 is 0 Å². The van der Waals surface area contributed by atoms with Gasteiger partial charge in [0.2, 0.25) is 0 Å². The molecule has 1 aliphatic rings. The van der Waals surface area contributed by atoms with Crippen molar-refractivity contribution in [1.29, 1.82) is 0 Å². The van der Waals surface area contributed by atoms with Gasteiger partial charge in [0.1, 0.15) is 0 Å². The predicted octanol–water partition coefficient (Wildman–Crippen LogP) is 1.86. The molecule has 1 heterocycles. The first-order valence-electron chi connectivity index (χ1n) is 7.04. The van der Waals surface area contributed by atoms with Gasteiger partial charge in [0.25, 0.3) is 0 Å². The van der Waals surface area contributed by atoms with E-state index in [-0.39, 0.29) is 12.1 Å². The molecule has 0 radical (unpaired) electrons. The average molecular weight is 242 g/mol. The van der Waals surface area contributed by atoms with Crippen molar-refractivity contribution < 1.29 is 5.11 Å². The number of likely N-dealkylation sites (tertiary alicyclic amines) is 1. The number of nitrogens with zero attached hydrogens (tertiary/aromatic N) is 1. The van der Waals surface area contributed by atoms with Crippen LogP contribution in [0.2, 0.25) is 0 Å². The number of likely N-dealkylation sites (N-methyl/N-ethyl adjacent to an activating group) is 1. The van der Waals surface area contributed by atoms with Gasteiger partial charge in [-0.05, 0) is 59.0 Å². The normalized spacial score (nSPS) is 30.2. The Morgan fingerprint density at radius 1 is 1.35 bits per heavy atom. The van der Waals surface area contributed by atoms with Gasteiger partial charge >= 0.3 is 0 Å². The van der Waals surface area contributed by atoms with E-state index in [9.17, 15) is 5.11 Å². The third kappa shape index (κ3) is 4.57. The van der Waals surface area contributed by atoms with Crippen LogP contribution in [0.15, 0.2) is 0 Å². The van der Waals surface area contributed by atoms with Gasteiger partial charge in [-0.1, -0.05) is 6.92 Å². The smallest absolute Gasteiger partial charge is 0.0610 e. The first-order valence-corrected chi connectivity index (χ1v) is 7.04. The van der Waals surface area contributed by atoms with Crippen molar-refractivity contribution >= 4 is 0 Å². The zero-order chi connectivity index (χ0) is 12.9. The van der Waals surface area contributed by atoms with E-state index in [0.717, 1.165) is 24.8 Å². The van der Waals surface area contributed by atoms with Crippen molar-refractivity contribution in [3.63, 3.8) is 0 Å². The highest BCUT2D eigenvalue weighted by Crippen LogP contribution is 2.22. The third-order valence-electron chi connectivity index (χ3n) is 4.37. The zero-order valence-corrected chi connectivity index (χ0v) is 12.0. The molecule has 3 atom stereocenters. The fourth-order valence-electron chi connectivity index (χ4n) is 2.65. The van der Waals surface area contributed by atoms with Crippen molar-refractivity contribution in [3.05, 3.63) is 0 Å². The standard InChI is InChI=1S/C14H30N2O/c1-12-6-7-13(2)16(10-12)9-5-8-14(3,11-17)15-4/h12-13,15,17H,5-11H2,1-4H3. The molecule has 0 aromatic rings. The first kappa shape index (κ1) is 14.9. The first-order chi connectivity index (χ1) is 8.00. The van der Waals surface area contributed by atoms with Gasteiger partial charge in [-0.25, -0.2) is 0 Å².